The number of nitrogens with one attached hydrogen (secondary N) is 2. The van der Waals surface area contributed by atoms with Crippen LogP contribution in [0.4, 0.5) is 26.3 Å². The average Bonchev–Trinajstić information content (AvgIpc) is 3.42. The van der Waals surface area contributed by atoms with E-state index in [9.17, 15) is 35.9 Å². The number of amides is 2. The summed E-state index contributed by atoms with van der Waals surface area (Å²) in [7, 11) is 0. The maximum atomic E-state index is 13.5. The van der Waals surface area contributed by atoms with Crippen LogP contribution in [0, 0.1) is 0 Å². The molecule has 0 aliphatic heterocycles. The van der Waals surface area contributed by atoms with Crippen molar-refractivity contribution in [2.45, 2.75) is 32.6 Å². The first-order valence-corrected chi connectivity index (χ1v) is 13.0. The fourth-order valence-electron chi connectivity index (χ4n) is 3.50. The minimum absolute atomic E-state index is 0.0756. The van der Waals surface area contributed by atoms with E-state index in [0.29, 0.717) is 13.0 Å². The third-order valence-corrected chi connectivity index (χ3v) is 6.30. The van der Waals surface area contributed by atoms with Gasteiger partial charge >= 0.3 is 12.4 Å². The SMILES string of the molecule is C=C/C=C(\C=C(/C)C(F)(F)F)N(CCC)CCNC(=O)/C(=C/c1ccccc1C(F)(F)F)NC(=O)c1cccs1. The molecule has 0 spiro atoms. The van der Waals surface area contributed by atoms with Crippen LogP contribution in [0.1, 0.15) is 41.1 Å². The topological polar surface area (TPSA) is 61.4 Å². The van der Waals surface area contributed by atoms with Gasteiger partial charge in [-0.25, -0.2) is 0 Å². The van der Waals surface area contributed by atoms with Crippen LogP contribution in [0.2, 0.25) is 0 Å². The van der Waals surface area contributed by atoms with E-state index in [2.05, 4.69) is 17.2 Å². The van der Waals surface area contributed by atoms with Gasteiger partial charge in [0.1, 0.15) is 5.70 Å². The highest BCUT2D eigenvalue weighted by Gasteiger charge is 2.33. The van der Waals surface area contributed by atoms with Crippen LogP contribution in [0.3, 0.4) is 0 Å². The molecule has 0 atom stereocenters. The predicted octanol–water partition coefficient (Wildman–Crippen LogP) is 6.94. The Kier molecular flexibility index (Phi) is 11.8. The highest BCUT2D eigenvalue weighted by molar-refractivity contribution is 7.12. The van der Waals surface area contributed by atoms with Crippen molar-refractivity contribution in [3.63, 3.8) is 0 Å². The Morgan fingerprint density at radius 3 is 2.33 bits per heavy atom. The molecule has 12 heteroatoms. The van der Waals surface area contributed by atoms with Crippen LogP contribution >= 0.6 is 11.3 Å². The predicted molar refractivity (Wildman–Crippen MR) is 144 cm³/mol. The van der Waals surface area contributed by atoms with Gasteiger partial charge in [0.2, 0.25) is 0 Å². The average molecular weight is 586 g/mol. The number of halogens is 6. The molecule has 1 aromatic carbocycles. The Labute approximate surface area is 232 Å². The van der Waals surface area contributed by atoms with Gasteiger partial charge in [-0.15, -0.1) is 11.3 Å². The zero-order valence-corrected chi connectivity index (χ0v) is 22.6. The van der Waals surface area contributed by atoms with Crippen LogP contribution in [0.5, 0.6) is 0 Å². The maximum Gasteiger partial charge on any atom is 0.416 e. The van der Waals surface area contributed by atoms with Crippen molar-refractivity contribution in [2.24, 2.45) is 0 Å². The monoisotopic (exact) mass is 585 g/mol. The van der Waals surface area contributed by atoms with Gasteiger partial charge in [0, 0.05) is 30.9 Å². The number of hydrogen-bond acceptors (Lipinski definition) is 4. The van der Waals surface area contributed by atoms with Crippen LogP contribution < -0.4 is 10.6 Å². The van der Waals surface area contributed by atoms with Gasteiger partial charge in [-0.2, -0.15) is 26.3 Å². The Bertz CT molecular complexity index is 1260. The Morgan fingerprint density at radius 2 is 1.75 bits per heavy atom. The summed E-state index contributed by atoms with van der Waals surface area (Å²) in [5.74, 6) is -1.55. The fourth-order valence-corrected chi connectivity index (χ4v) is 4.11. The largest absolute Gasteiger partial charge is 0.416 e. The van der Waals surface area contributed by atoms with Gasteiger partial charge in [0.05, 0.1) is 10.4 Å². The van der Waals surface area contributed by atoms with E-state index in [0.717, 1.165) is 42.5 Å². The lowest BCUT2D eigenvalue weighted by Gasteiger charge is -2.26. The molecular weight excluding hydrogens is 556 g/mol. The molecule has 2 N–H and O–H groups in total. The van der Waals surface area contributed by atoms with E-state index < -0.39 is 41.0 Å². The second-order valence-electron chi connectivity index (χ2n) is 8.47. The van der Waals surface area contributed by atoms with Crippen molar-refractivity contribution < 1.29 is 35.9 Å². The summed E-state index contributed by atoms with van der Waals surface area (Å²) in [6.07, 6.45) is -3.99. The van der Waals surface area contributed by atoms with Crippen LogP contribution in [-0.2, 0) is 11.0 Å². The summed E-state index contributed by atoms with van der Waals surface area (Å²) in [5, 5.41) is 6.55. The summed E-state index contributed by atoms with van der Waals surface area (Å²) in [6, 6.07) is 7.69. The van der Waals surface area contributed by atoms with Crippen molar-refractivity contribution in [3.8, 4) is 0 Å². The van der Waals surface area contributed by atoms with Crippen molar-refractivity contribution in [1.29, 1.82) is 0 Å². The van der Waals surface area contributed by atoms with Crippen molar-refractivity contribution in [1.82, 2.24) is 15.5 Å². The van der Waals surface area contributed by atoms with Crippen LogP contribution in [-0.4, -0.2) is 42.5 Å². The summed E-state index contributed by atoms with van der Waals surface area (Å²) < 4.78 is 80.0. The summed E-state index contributed by atoms with van der Waals surface area (Å²) in [5.41, 5.74) is -2.35. The lowest BCUT2D eigenvalue weighted by Crippen LogP contribution is -2.39. The van der Waals surface area contributed by atoms with E-state index in [-0.39, 0.29) is 29.2 Å². The molecule has 0 aliphatic carbocycles. The molecule has 40 heavy (non-hydrogen) atoms. The third-order valence-electron chi connectivity index (χ3n) is 5.43. The fraction of sp³-hybridized carbons (Fsp3) is 0.286. The number of benzene rings is 1. The molecule has 0 saturated heterocycles. The first-order chi connectivity index (χ1) is 18.8. The maximum absolute atomic E-state index is 13.5. The Hall–Kier alpha value is -3.80. The Balaban J connectivity index is 2.32. The Morgan fingerprint density at radius 1 is 1.05 bits per heavy atom. The second kappa shape index (κ2) is 14.5. The summed E-state index contributed by atoms with van der Waals surface area (Å²) in [6.45, 7) is 6.66. The lowest BCUT2D eigenvalue weighted by molar-refractivity contribution is -0.137. The molecule has 0 radical (unpaired) electrons. The molecule has 0 bridgehead atoms. The van der Waals surface area contributed by atoms with Gasteiger partial charge in [-0.3, -0.25) is 9.59 Å². The molecule has 0 saturated carbocycles. The third kappa shape index (κ3) is 9.74. The minimum Gasteiger partial charge on any atom is -0.370 e. The number of alkyl halides is 6. The molecule has 2 aromatic rings. The molecule has 1 aromatic heterocycles. The molecule has 0 unspecified atom stereocenters. The van der Waals surface area contributed by atoms with E-state index in [1.54, 1.807) is 16.3 Å². The summed E-state index contributed by atoms with van der Waals surface area (Å²) >= 11 is 1.08. The number of rotatable bonds is 12. The van der Waals surface area contributed by atoms with Crippen LogP contribution in [0.25, 0.3) is 6.08 Å². The smallest absolute Gasteiger partial charge is 0.370 e. The first-order valence-electron chi connectivity index (χ1n) is 12.1. The molecular formula is C28H29F6N3O2S. The normalized spacial score (nSPS) is 13.2. The van der Waals surface area contributed by atoms with Crippen molar-refractivity contribution in [3.05, 3.63) is 99.6 Å². The first kappa shape index (κ1) is 32.4. The number of carbonyl (C=O) groups is 2. The van der Waals surface area contributed by atoms with Crippen molar-refractivity contribution >= 4 is 29.2 Å². The number of nitrogens with zero attached hydrogens (tertiary/aromatic N) is 1. The van der Waals surface area contributed by atoms with Gasteiger partial charge in [0.25, 0.3) is 11.8 Å². The number of hydrogen-bond donors (Lipinski definition) is 2. The highest BCUT2D eigenvalue weighted by atomic mass is 32.1. The molecule has 1 heterocycles. The van der Waals surface area contributed by atoms with E-state index in [1.165, 1.54) is 30.4 Å². The highest BCUT2D eigenvalue weighted by Crippen LogP contribution is 2.33. The van der Waals surface area contributed by atoms with Crippen molar-refractivity contribution in [2.75, 3.05) is 19.6 Å². The summed E-state index contributed by atoms with van der Waals surface area (Å²) in [4.78, 5) is 27.6. The molecule has 0 fully saturated rings. The van der Waals surface area contributed by atoms with Gasteiger partial charge in [-0.1, -0.05) is 43.8 Å². The number of carbonyl (C=O) groups excluding carboxylic acids is 2. The van der Waals surface area contributed by atoms with E-state index in [4.69, 9.17) is 0 Å². The second-order valence-corrected chi connectivity index (χ2v) is 9.42. The number of thiophene rings is 1. The van der Waals surface area contributed by atoms with Gasteiger partial charge in [0.15, 0.2) is 0 Å². The van der Waals surface area contributed by atoms with Gasteiger partial charge < -0.3 is 15.5 Å². The zero-order valence-electron chi connectivity index (χ0n) is 21.8. The minimum atomic E-state index is -4.71. The number of allylic oxidation sites excluding steroid dienone is 4. The van der Waals surface area contributed by atoms with E-state index >= 15 is 0 Å². The molecule has 5 nitrogen and oxygen atoms in total. The standard InChI is InChI=1S/C28H29F6N3O2S/c1-4-9-21(17-19(3)27(29,30)31)37(14-5-2)15-13-35-25(38)23(36-26(39)24-12-8-16-40-24)18-20-10-6-7-11-22(20)28(32,33)34/h4,6-12,16-18H,1,5,13-15H2,2-3H3,(H,35,38)(H,36,39)/b19-17+,21-9+,23-18-. The molecule has 2 amide bonds. The molecule has 216 valence electrons. The van der Waals surface area contributed by atoms with Gasteiger partial charge in [-0.05, 0) is 54.6 Å². The lowest BCUT2D eigenvalue weighted by atomic mass is 10.1. The quantitative estimate of drug-likeness (QED) is 0.161. The zero-order chi connectivity index (χ0) is 29.9. The molecule has 0 aliphatic rings. The van der Waals surface area contributed by atoms with E-state index in [1.807, 2.05) is 6.92 Å². The molecule has 2 rings (SSSR count). The van der Waals surface area contributed by atoms with Crippen LogP contribution in [0.15, 0.2) is 83.6 Å².